The van der Waals surface area contributed by atoms with E-state index >= 15 is 0 Å². The predicted molar refractivity (Wildman–Crippen MR) is 102 cm³/mol. The van der Waals surface area contributed by atoms with Crippen LogP contribution in [-0.4, -0.2) is 65.4 Å². The van der Waals surface area contributed by atoms with E-state index in [1.807, 2.05) is 36.9 Å². The zero-order valence-electron chi connectivity index (χ0n) is 15.0. The second-order valence-corrected chi connectivity index (χ2v) is 7.24. The third kappa shape index (κ3) is 6.32. The number of carbonyl (C=O) groups is 2. The van der Waals surface area contributed by atoms with Crippen molar-refractivity contribution in [2.45, 2.75) is 38.3 Å². The van der Waals surface area contributed by atoms with E-state index in [2.05, 4.69) is 26.8 Å². The first-order valence-electron chi connectivity index (χ1n) is 8.84. The second kappa shape index (κ2) is 10.4. The van der Waals surface area contributed by atoms with Crippen molar-refractivity contribution in [3.05, 3.63) is 30.1 Å². The predicted octanol–water partition coefficient (Wildman–Crippen LogP) is 1.07. The number of rotatable bonds is 9. The van der Waals surface area contributed by atoms with Crippen molar-refractivity contribution in [2.24, 2.45) is 0 Å². The highest BCUT2D eigenvalue weighted by atomic mass is 32.2. The molecule has 0 spiro atoms. The number of aromatic nitrogens is 1. The topological polar surface area (TPSA) is 74.3 Å². The molecule has 0 radical (unpaired) electrons. The zero-order chi connectivity index (χ0) is 18.1. The van der Waals surface area contributed by atoms with Crippen molar-refractivity contribution in [1.82, 2.24) is 20.5 Å². The summed E-state index contributed by atoms with van der Waals surface area (Å²) in [6, 6.07) is 5.42. The van der Waals surface area contributed by atoms with Crippen molar-refractivity contribution in [2.75, 3.05) is 31.6 Å². The third-order valence-electron chi connectivity index (χ3n) is 4.28. The van der Waals surface area contributed by atoms with Gasteiger partial charge in [-0.15, -0.1) is 0 Å². The molecule has 0 saturated carbocycles. The summed E-state index contributed by atoms with van der Waals surface area (Å²) in [4.78, 5) is 31.0. The van der Waals surface area contributed by atoms with Gasteiger partial charge in [0, 0.05) is 31.0 Å². The summed E-state index contributed by atoms with van der Waals surface area (Å²) >= 11 is 1.81. The zero-order valence-corrected chi connectivity index (χ0v) is 15.8. The minimum absolute atomic E-state index is 0.0121. The molecule has 2 heterocycles. The minimum Gasteiger partial charge on any atom is -0.355 e. The number of likely N-dealkylation sites (tertiary alicyclic amines) is 1. The fraction of sp³-hybridized carbons (Fsp3) is 0.611. The Balaban J connectivity index is 1.90. The van der Waals surface area contributed by atoms with Crippen LogP contribution in [0.1, 0.15) is 25.5 Å². The number of pyridine rings is 1. The van der Waals surface area contributed by atoms with Crippen LogP contribution >= 0.6 is 11.8 Å². The number of hydrogen-bond donors (Lipinski definition) is 2. The lowest BCUT2D eigenvalue weighted by Crippen LogP contribution is -2.43. The summed E-state index contributed by atoms with van der Waals surface area (Å²) < 4.78 is 0. The molecule has 1 saturated heterocycles. The molecule has 2 amide bonds. The number of carbonyl (C=O) groups excluding carboxylic acids is 2. The molecule has 2 atom stereocenters. The number of nitrogens with zero attached hydrogens (tertiary/aromatic N) is 2. The summed E-state index contributed by atoms with van der Waals surface area (Å²) in [7, 11) is 0. The molecule has 2 rings (SSSR count). The lowest BCUT2D eigenvalue weighted by Gasteiger charge is -2.22. The van der Waals surface area contributed by atoms with E-state index in [9.17, 15) is 9.59 Å². The average Bonchev–Trinajstić information content (AvgIpc) is 2.99. The van der Waals surface area contributed by atoms with Crippen molar-refractivity contribution < 1.29 is 9.59 Å². The van der Waals surface area contributed by atoms with E-state index in [4.69, 9.17) is 0 Å². The first kappa shape index (κ1) is 19.7. The highest BCUT2D eigenvalue weighted by molar-refractivity contribution is 7.98. The molecule has 1 aliphatic rings. The Hall–Kier alpha value is -1.60. The Labute approximate surface area is 154 Å². The minimum atomic E-state index is -0.151. The highest BCUT2D eigenvalue weighted by Gasteiger charge is 2.36. The molecule has 1 fully saturated rings. The second-order valence-electron chi connectivity index (χ2n) is 6.25. The average molecular weight is 365 g/mol. The van der Waals surface area contributed by atoms with Gasteiger partial charge in [-0.1, -0.05) is 6.07 Å². The molecule has 1 aromatic heterocycles. The van der Waals surface area contributed by atoms with Crippen LogP contribution in [-0.2, 0) is 16.0 Å². The highest BCUT2D eigenvalue weighted by Crippen LogP contribution is 2.19. The SMILES string of the molecule is CCNC(=O)[C@@H]1C[C@@H](NC(=O)Cc2ccccn2)CN1CCCSC. The molecule has 1 aromatic rings. The van der Waals surface area contributed by atoms with Gasteiger partial charge in [0.05, 0.1) is 12.5 Å². The summed E-state index contributed by atoms with van der Waals surface area (Å²) in [6.45, 7) is 4.17. The molecular formula is C18H28N4O2S. The molecule has 138 valence electrons. The summed E-state index contributed by atoms with van der Waals surface area (Å²) in [5.41, 5.74) is 0.759. The largest absolute Gasteiger partial charge is 0.355 e. The first-order chi connectivity index (χ1) is 12.1. The van der Waals surface area contributed by atoms with Crippen LogP contribution in [0.4, 0.5) is 0 Å². The van der Waals surface area contributed by atoms with Crippen molar-refractivity contribution >= 4 is 23.6 Å². The normalized spacial score (nSPS) is 20.4. The molecule has 1 aliphatic heterocycles. The van der Waals surface area contributed by atoms with E-state index < -0.39 is 0 Å². The van der Waals surface area contributed by atoms with Gasteiger partial charge in [-0.05, 0) is 50.5 Å². The monoisotopic (exact) mass is 364 g/mol. The molecule has 6 nitrogen and oxygen atoms in total. The molecule has 0 unspecified atom stereocenters. The van der Waals surface area contributed by atoms with Crippen LogP contribution in [0.2, 0.25) is 0 Å². The van der Waals surface area contributed by atoms with Crippen LogP contribution in [0.25, 0.3) is 0 Å². The van der Waals surface area contributed by atoms with Gasteiger partial charge in [-0.25, -0.2) is 0 Å². The molecular weight excluding hydrogens is 336 g/mol. The van der Waals surface area contributed by atoms with Gasteiger partial charge in [-0.3, -0.25) is 19.5 Å². The Bertz CT molecular complexity index is 555. The smallest absolute Gasteiger partial charge is 0.237 e. The maximum atomic E-state index is 12.3. The third-order valence-corrected chi connectivity index (χ3v) is 4.98. The molecule has 0 aliphatic carbocycles. The first-order valence-corrected chi connectivity index (χ1v) is 10.2. The van der Waals surface area contributed by atoms with Crippen molar-refractivity contribution in [1.29, 1.82) is 0 Å². The Morgan fingerprint density at radius 3 is 2.92 bits per heavy atom. The van der Waals surface area contributed by atoms with Crippen LogP contribution in [0, 0.1) is 0 Å². The summed E-state index contributed by atoms with van der Waals surface area (Å²) in [5.74, 6) is 1.10. The van der Waals surface area contributed by atoms with Crippen molar-refractivity contribution in [3.8, 4) is 0 Å². The number of likely N-dealkylation sites (N-methyl/N-ethyl adjacent to an activating group) is 1. The van der Waals surface area contributed by atoms with E-state index in [-0.39, 0.29) is 30.3 Å². The lowest BCUT2D eigenvalue weighted by molar-refractivity contribution is -0.125. The van der Waals surface area contributed by atoms with Crippen LogP contribution in [0.5, 0.6) is 0 Å². The standard InChI is InChI=1S/C18H28N4O2S/c1-3-19-18(24)16-11-15(13-22(16)9-6-10-25-2)21-17(23)12-14-7-4-5-8-20-14/h4-5,7-8,15-16H,3,6,9-13H2,1-2H3,(H,19,24)(H,21,23)/t15-,16+/m1/s1. The number of nitrogens with one attached hydrogen (secondary N) is 2. The van der Waals surface area contributed by atoms with E-state index in [1.54, 1.807) is 6.20 Å². The van der Waals surface area contributed by atoms with Gasteiger partial charge >= 0.3 is 0 Å². The maximum Gasteiger partial charge on any atom is 0.237 e. The molecule has 2 N–H and O–H groups in total. The fourth-order valence-electron chi connectivity index (χ4n) is 3.18. The van der Waals surface area contributed by atoms with Crippen LogP contribution in [0.15, 0.2) is 24.4 Å². The van der Waals surface area contributed by atoms with Gasteiger partial charge in [0.25, 0.3) is 0 Å². The Morgan fingerprint density at radius 1 is 1.40 bits per heavy atom. The molecule has 0 aromatic carbocycles. The molecule has 7 heteroatoms. The Kier molecular flexibility index (Phi) is 8.21. The number of hydrogen-bond acceptors (Lipinski definition) is 5. The van der Waals surface area contributed by atoms with Crippen LogP contribution < -0.4 is 10.6 Å². The Morgan fingerprint density at radius 2 is 2.24 bits per heavy atom. The number of thioether (sulfide) groups is 1. The molecule has 0 bridgehead atoms. The van der Waals surface area contributed by atoms with Gasteiger partial charge in [0.15, 0.2) is 0 Å². The quantitative estimate of drug-likeness (QED) is 0.641. The fourth-order valence-corrected chi connectivity index (χ4v) is 3.60. The van der Waals surface area contributed by atoms with Gasteiger partial charge in [0.1, 0.15) is 0 Å². The lowest BCUT2D eigenvalue weighted by atomic mass is 10.1. The van der Waals surface area contributed by atoms with Crippen molar-refractivity contribution in [3.63, 3.8) is 0 Å². The van der Waals surface area contributed by atoms with E-state index in [1.165, 1.54) is 0 Å². The van der Waals surface area contributed by atoms with E-state index in [0.29, 0.717) is 13.0 Å². The summed E-state index contributed by atoms with van der Waals surface area (Å²) in [5, 5.41) is 5.98. The molecule has 25 heavy (non-hydrogen) atoms. The van der Waals surface area contributed by atoms with Crippen LogP contribution in [0.3, 0.4) is 0 Å². The van der Waals surface area contributed by atoms with Gasteiger partial charge in [0.2, 0.25) is 11.8 Å². The number of amides is 2. The maximum absolute atomic E-state index is 12.3. The van der Waals surface area contributed by atoms with Gasteiger partial charge < -0.3 is 10.6 Å². The van der Waals surface area contributed by atoms with E-state index in [0.717, 1.165) is 31.0 Å². The van der Waals surface area contributed by atoms with Gasteiger partial charge in [-0.2, -0.15) is 11.8 Å². The summed E-state index contributed by atoms with van der Waals surface area (Å²) in [6.07, 6.45) is 5.77.